The fraction of sp³-hybridized carbons (Fsp3) is 0.500. The first-order chi connectivity index (χ1) is 9.93. The molecule has 1 saturated carbocycles. The fourth-order valence-corrected chi connectivity index (χ4v) is 3.01. The van der Waals surface area contributed by atoms with Crippen molar-refractivity contribution in [2.45, 2.75) is 38.6 Å². The van der Waals surface area contributed by atoms with Gasteiger partial charge in [0.25, 0.3) is 0 Å². The van der Waals surface area contributed by atoms with Crippen molar-refractivity contribution < 1.29 is 0 Å². The zero-order chi connectivity index (χ0) is 13.6. The number of pyridine rings is 1. The molecule has 2 aromatic rings. The summed E-state index contributed by atoms with van der Waals surface area (Å²) in [5, 5.41) is 10.8. The molecule has 0 spiro atoms. The molecule has 0 amide bonds. The second kappa shape index (κ2) is 6.66. The SMILES string of the molecule is c1cncc(-c2[nH]ncc2CNCC2CCCCC2)c1. The highest BCUT2D eigenvalue weighted by Gasteiger charge is 2.13. The van der Waals surface area contributed by atoms with Gasteiger partial charge in [-0.2, -0.15) is 5.10 Å². The number of hydrogen-bond acceptors (Lipinski definition) is 3. The Kier molecular flexibility index (Phi) is 4.43. The van der Waals surface area contributed by atoms with E-state index in [-0.39, 0.29) is 0 Å². The van der Waals surface area contributed by atoms with E-state index in [0.29, 0.717) is 0 Å². The van der Waals surface area contributed by atoms with Gasteiger partial charge in [-0.3, -0.25) is 10.1 Å². The van der Waals surface area contributed by atoms with Crippen LogP contribution in [0.25, 0.3) is 11.3 Å². The first kappa shape index (κ1) is 13.3. The lowest BCUT2D eigenvalue weighted by atomic mass is 9.89. The molecule has 0 aliphatic heterocycles. The summed E-state index contributed by atoms with van der Waals surface area (Å²) in [6.07, 6.45) is 12.6. The van der Waals surface area contributed by atoms with E-state index < -0.39 is 0 Å². The Hall–Kier alpha value is -1.68. The topological polar surface area (TPSA) is 53.6 Å². The number of nitrogens with zero attached hydrogens (tertiary/aromatic N) is 2. The van der Waals surface area contributed by atoms with Gasteiger partial charge in [0, 0.05) is 30.1 Å². The third-order valence-electron chi connectivity index (χ3n) is 4.14. The molecular formula is C16H22N4. The van der Waals surface area contributed by atoms with E-state index in [4.69, 9.17) is 0 Å². The molecule has 1 fully saturated rings. The van der Waals surface area contributed by atoms with Crippen LogP contribution in [0, 0.1) is 5.92 Å². The summed E-state index contributed by atoms with van der Waals surface area (Å²) < 4.78 is 0. The fourth-order valence-electron chi connectivity index (χ4n) is 3.01. The maximum absolute atomic E-state index is 4.17. The summed E-state index contributed by atoms with van der Waals surface area (Å²) in [4.78, 5) is 4.17. The Morgan fingerprint density at radius 1 is 1.20 bits per heavy atom. The first-order valence-electron chi connectivity index (χ1n) is 7.57. The molecule has 2 aromatic heterocycles. The molecule has 2 heterocycles. The van der Waals surface area contributed by atoms with Crippen LogP contribution in [-0.2, 0) is 6.54 Å². The second-order valence-electron chi connectivity index (χ2n) is 5.65. The van der Waals surface area contributed by atoms with Gasteiger partial charge in [0.2, 0.25) is 0 Å². The molecule has 0 bridgehead atoms. The van der Waals surface area contributed by atoms with E-state index >= 15 is 0 Å². The number of hydrogen-bond donors (Lipinski definition) is 2. The van der Waals surface area contributed by atoms with Crippen molar-refractivity contribution in [1.29, 1.82) is 0 Å². The predicted octanol–water partition coefficient (Wildman–Crippen LogP) is 3.14. The molecule has 20 heavy (non-hydrogen) atoms. The highest BCUT2D eigenvalue weighted by Crippen LogP contribution is 2.23. The molecule has 0 saturated heterocycles. The lowest BCUT2D eigenvalue weighted by molar-refractivity contribution is 0.342. The molecule has 0 aromatic carbocycles. The molecule has 106 valence electrons. The van der Waals surface area contributed by atoms with Gasteiger partial charge in [-0.25, -0.2) is 0 Å². The van der Waals surface area contributed by atoms with E-state index in [1.807, 2.05) is 18.5 Å². The largest absolute Gasteiger partial charge is 0.312 e. The van der Waals surface area contributed by atoms with E-state index in [1.165, 1.54) is 37.7 Å². The molecular weight excluding hydrogens is 248 g/mol. The van der Waals surface area contributed by atoms with Crippen LogP contribution in [-0.4, -0.2) is 21.7 Å². The summed E-state index contributed by atoms with van der Waals surface area (Å²) in [6, 6.07) is 4.01. The van der Waals surface area contributed by atoms with Crippen LogP contribution in [0.15, 0.2) is 30.7 Å². The molecule has 3 rings (SSSR count). The second-order valence-corrected chi connectivity index (χ2v) is 5.65. The molecule has 4 heteroatoms. The number of aromatic nitrogens is 3. The minimum atomic E-state index is 0.859. The Morgan fingerprint density at radius 3 is 2.90 bits per heavy atom. The van der Waals surface area contributed by atoms with Crippen LogP contribution < -0.4 is 5.32 Å². The Balaban J connectivity index is 1.57. The van der Waals surface area contributed by atoms with E-state index in [0.717, 1.165) is 30.3 Å². The van der Waals surface area contributed by atoms with Gasteiger partial charge in [0.05, 0.1) is 11.9 Å². The molecule has 0 radical (unpaired) electrons. The van der Waals surface area contributed by atoms with Gasteiger partial charge >= 0.3 is 0 Å². The summed E-state index contributed by atoms with van der Waals surface area (Å²) >= 11 is 0. The van der Waals surface area contributed by atoms with Crippen molar-refractivity contribution in [3.8, 4) is 11.3 Å². The Labute approximate surface area is 120 Å². The van der Waals surface area contributed by atoms with Crippen molar-refractivity contribution >= 4 is 0 Å². The van der Waals surface area contributed by atoms with Crippen molar-refractivity contribution in [1.82, 2.24) is 20.5 Å². The van der Waals surface area contributed by atoms with Crippen molar-refractivity contribution in [3.05, 3.63) is 36.3 Å². The lowest BCUT2D eigenvalue weighted by Gasteiger charge is -2.21. The average molecular weight is 270 g/mol. The van der Waals surface area contributed by atoms with Gasteiger partial charge in [0.15, 0.2) is 0 Å². The molecule has 1 aliphatic rings. The number of nitrogens with one attached hydrogen (secondary N) is 2. The maximum Gasteiger partial charge on any atom is 0.0710 e. The van der Waals surface area contributed by atoms with Crippen LogP contribution in [0.5, 0.6) is 0 Å². The first-order valence-corrected chi connectivity index (χ1v) is 7.57. The molecule has 0 atom stereocenters. The van der Waals surface area contributed by atoms with Gasteiger partial charge in [-0.1, -0.05) is 19.3 Å². The molecule has 0 unspecified atom stereocenters. The summed E-state index contributed by atoms with van der Waals surface area (Å²) in [5.74, 6) is 0.859. The van der Waals surface area contributed by atoms with Crippen LogP contribution in [0.2, 0.25) is 0 Å². The van der Waals surface area contributed by atoms with Gasteiger partial charge in [-0.05, 0) is 37.4 Å². The summed E-state index contributed by atoms with van der Waals surface area (Å²) in [7, 11) is 0. The Morgan fingerprint density at radius 2 is 2.10 bits per heavy atom. The van der Waals surface area contributed by atoms with Crippen LogP contribution in [0.3, 0.4) is 0 Å². The predicted molar refractivity (Wildman–Crippen MR) is 80.1 cm³/mol. The third kappa shape index (κ3) is 3.25. The van der Waals surface area contributed by atoms with Crippen molar-refractivity contribution in [2.75, 3.05) is 6.54 Å². The smallest absolute Gasteiger partial charge is 0.0710 e. The standard InChI is InChI=1S/C16H22N4/c1-2-5-13(6-3-1)9-18-11-15-12-19-20-16(15)14-7-4-8-17-10-14/h4,7-8,10,12-13,18H,1-3,5-6,9,11H2,(H,19,20). The number of aromatic amines is 1. The van der Waals surface area contributed by atoms with Gasteiger partial charge < -0.3 is 5.32 Å². The Bertz CT molecular complexity index is 514. The zero-order valence-electron chi connectivity index (χ0n) is 11.8. The highest BCUT2D eigenvalue weighted by molar-refractivity contribution is 5.61. The van der Waals surface area contributed by atoms with Crippen LogP contribution in [0.1, 0.15) is 37.7 Å². The highest BCUT2D eigenvalue weighted by atomic mass is 15.1. The normalized spacial score (nSPS) is 16.4. The minimum absolute atomic E-state index is 0.859. The quantitative estimate of drug-likeness (QED) is 0.877. The summed E-state index contributed by atoms with van der Waals surface area (Å²) in [6.45, 7) is 1.99. The number of rotatable bonds is 5. The summed E-state index contributed by atoms with van der Waals surface area (Å²) in [5.41, 5.74) is 3.39. The minimum Gasteiger partial charge on any atom is -0.312 e. The van der Waals surface area contributed by atoms with E-state index in [9.17, 15) is 0 Å². The molecule has 1 aliphatic carbocycles. The van der Waals surface area contributed by atoms with Gasteiger partial charge in [-0.15, -0.1) is 0 Å². The average Bonchev–Trinajstić information content (AvgIpc) is 2.98. The van der Waals surface area contributed by atoms with E-state index in [2.05, 4.69) is 26.6 Å². The lowest BCUT2D eigenvalue weighted by Crippen LogP contribution is -2.24. The zero-order valence-corrected chi connectivity index (χ0v) is 11.8. The van der Waals surface area contributed by atoms with Crippen molar-refractivity contribution in [3.63, 3.8) is 0 Å². The molecule has 4 nitrogen and oxygen atoms in total. The maximum atomic E-state index is 4.17. The van der Waals surface area contributed by atoms with E-state index in [1.54, 1.807) is 6.20 Å². The van der Waals surface area contributed by atoms with Crippen molar-refractivity contribution in [2.24, 2.45) is 5.92 Å². The number of H-pyrrole nitrogens is 1. The van der Waals surface area contributed by atoms with Gasteiger partial charge in [0.1, 0.15) is 0 Å². The molecule has 2 N–H and O–H groups in total. The van der Waals surface area contributed by atoms with Crippen LogP contribution >= 0.6 is 0 Å². The van der Waals surface area contributed by atoms with Crippen LogP contribution in [0.4, 0.5) is 0 Å². The monoisotopic (exact) mass is 270 g/mol. The third-order valence-corrected chi connectivity index (χ3v) is 4.14.